The zero-order valence-electron chi connectivity index (χ0n) is 22.1. The number of amides is 2. The van der Waals surface area contributed by atoms with E-state index < -0.39 is 29.1 Å². The lowest BCUT2D eigenvalue weighted by atomic mass is 9.67. The average molecular weight is 562 g/mol. The molecule has 2 aliphatic heterocycles. The molecule has 7 nitrogen and oxygen atoms in total. The van der Waals surface area contributed by atoms with E-state index in [1.165, 1.54) is 0 Å². The van der Waals surface area contributed by atoms with Gasteiger partial charge in [-0.15, -0.1) is 0 Å². The number of cyclic esters (lactones) is 1. The second-order valence-electron chi connectivity index (χ2n) is 11.3. The Kier molecular flexibility index (Phi) is 8.01. The van der Waals surface area contributed by atoms with Crippen molar-refractivity contribution < 1.29 is 24.2 Å². The van der Waals surface area contributed by atoms with E-state index in [4.69, 9.17) is 27.9 Å². The van der Waals surface area contributed by atoms with Crippen LogP contribution in [-0.4, -0.2) is 57.6 Å². The Morgan fingerprint density at radius 3 is 2.32 bits per heavy atom. The standard InChI is InChI=1S/C29H34Cl2N2O5/c1-5-22(16-32-17-28(2,3)38-27(32)37)33-25(18-9-11-20(30)12-10-18)23(19-7-6-8-21(31)13-19)14-29(4,26(33)36)15-24(34)35/h6-13,22-23,25H,5,14-17H2,1-4H3,(H,34,35). The zero-order valence-corrected chi connectivity index (χ0v) is 23.6. The smallest absolute Gasteiger partial charge is 0.410 e. The molecule has 2 aliphatic rings. The highest BCUT2D eigenvalue weighted by Crippen LogP contribution is 2.52. The van der Waals surface area contributed by atoms with Crippen LogP contribution >= 0.6 is 23.2 Å². The number of carbonyl (C=O) groups excluding carboxylic acids is 2. The molecule has 0 aromatic heterocycles. The van der Waals surface area contributed by atoms with E-state index in [0.29, 0.717) is 29.4 Å². The number of hydrogen-bond acceptors (Lipinski definition) is 4. The molecule has 0 aliphatic carbocycles. The van der Waals surface area contributed by atoms with E-state index in [0.717, 1.165) is 11.1 Å². The molecule has 2 aromatic carbocycles. The lowest BCUT2D eigenvalue weighted by molar-refractivity contribution is -0.161. The summed E-state index contributed by atoms with van der Waals surface area (Å²) in [6.45, 7) is 8.09. The van der Waals surface area contributed by atoms with Gasteiger partial charge in [0.2, 0.25) is 5.91 Å². The molecule has 204 valence electrons. The molecule has 0 spiro atoms. The van der Waals surface area contributed by atoms with E-state index in [9.17, 15) is 19.5 Å². The van der Waals surface area contributed by atoms with Crippen LogP contribution in [0, 0.1) is 5.41 Å². The fraction of sp³-hybridized carbons (Fsp3) is 0.483. The van der Waals surface area contributed by atoms with E-state index in [2.05, 4.69) is 0 Å². The maximum Gasteiger partial charge on any atom is 0.410 e. The molecule has 2 aromatic rings. The normalized spacial score (nSPS) is 25.8. The Balaban J connectivity index is 1.86. The summed E-state index contributed by atoms with van der Waals surface area (Å²) in [5.74, 6) is -1.52. The van der Waals surface area contributed by atoms with Crippen LogP contribution in [0.2, 0.25) is 10.0 Å². The maximum atomic E-state index is 14.3. The van der Waals surface area contributed by atoms with Crippen molar-refractivity contribution in [1.29, 1.82) is 0 Å². The number of likely N-dealkylation sites (tertiary alicyclic amines) is 1. The predicted molar refractivity (Wildman–Crippen MR) is 146 cm³/mol. The van der Waals surface area contributed by atoms with E-state index >= 15 is 0 Å². The van der Waals surface area contributed by atoms with Gasteiger partial charge in [0.15, 0.2) is 0 Å². The number of carboxylic acids is 1. The van der Waals surface area contributed by atoms with E-state index in [1.54, 1.807) is 30.0 Å². The molecule has 4 rings (SSSR count). The van der Waals surface area contributed by atoms with Crippen molar-refractivity contribution in [2.45, 2.75) is 70.6 Å². The molecular weight excluding hydrogens is 527 g/mol. The van der Waals surface area contributed by atoms with Crippen molar-refractivity contribution in [2.75, 3.05) is 13.1 Å². The van der Waals surface area contributed by atoms with Gasteiger partial charge < -0.3 is 19.6 Å². The quantitative estimate of drug-likeness (QED) is 0.396. The number of hydrogen-bond donors (Lipinski definition) is 1. The zero-order chi connectivity index (χ0) is 27.8. The van der Waals surface area contributed by atoms with Crippen LogP contribution in [0.15, 0.2) is 48.5 Å². The first kappa shape index (κ1) is 28.2. The average Bonchev–Trinajstić information content (AvgIpc) is 3.10. The largest absolute Gasteiger partial charge is 0.481 e. The number of piperidine rings is 1. The SMILES string of the molecule is CCC(CN1CC(C)(C)OC1=O)N1C(=O)C(C)(CC(=O)O)CC(c2cccc(Cl)c2)C1c1ccc(Cl)cc1. The second kappa shape index (κ2) is 10.8. The van der Waals surface area contributed by atoms with Crippen molar-refractivity contribution in [2.24, 2.45) is 5.41 Å². The third kappa shape index (κ3) is 5.79. The summed E-state index contributed by atoms with van der Waals surface area (Å²) in [5, 5.41) is 10.9. The van der Waals surface area contributed by atoms with Gasteiger partial charge >= 0.3 is 12.1 Å². The van der Waals surface area contributed by atoms with Crippen LogP contribution in [0.4, 0.5) is 4.79 Å². The van der Waals surface area contributed by atoms with Gasteiger partial charge in [-0.25, -0.2) is 4.79 Å². The molecule has 2 saturated heterocycles. The van der Waals surface area contributed by atoms with E-state index in [-0.39, 0.29) is 30.8 Å². The van der Waals surface area contributed by atoms with Crippen molar-refractivity contribution >= 4 is 41.2 Å². The number of nitrogens with zero attached hydrogens (tertiary/aromatic N) is 2. The summed E-state index contributed by atoms with van der Waals surface area (Å²) in [5.41, 5.74) is 0.0221. The number of carbonyl (C=O) groups is 3. The fourth-order valence-corrected chi connectivity index (χ4v) is 6.27. The monoisotopic (exact) mass is 560 g/mol. The first-order valence-electron chi connectivity index (χ1n) is 12.9. The van der Waals surface area contributed by atoms with Crippen LogP contribution in [0.1, 0.15) is 70.0 Å². The second-order valence-corrected chi connectivity index (χ2v) is 12.1. The molecule has 2 fully saturated rings. The summed E-state index contributed by atoms with van der Waals surface area (Å²) in [4.78, 5) is 42.4. The highest BCUT2D eigenvalue weighted by Gasteiger charge is 2.53. The number of rotatable bonds is 8. The number of benzene rings is 2. The van der Waals surface area contributed by atoms with Gasteiger partial charge in [0.25, 0.3) is 0 Å². The first-order chi connectivity index (χ1) is 17.8. The number of halogens is 2. The molecule has 4 atom stereocenters. The van der Waals surface area contributed by atoms with Gasteiger partial charge in [0.1, 0.15) is 5.60 Å². The van der Waals surface area contributed by atoms with Crippen LogP contribution in [0.3, 0.4) is 0 Å². The van der Waals surface area contributed by atoms with Crippen LogP contribution < -0.4 is 0 Å². The fourth-order valence-electron chi connectivity index (χ4n) is 5.95. The molecule has 38 heavy (non-hydrogen) atoms. The third-order valence-corrected chi connectivity index (χ3v) is 8.11. The molecule has 0 saturated carbocycles. The Labute approximate surface area is 233 Å². The van der Waals surface area contributed by atoms with Crippen LogP contribution in [0.25, 0.3) is 0 Å². The Morgan fingerprint density at radius 1 is 1.08 bits per heavy atom. The summed E-state index contributed by atoms with van der Waals surface area (Å²) < 4.78 is 5.52. The van der Waals surface area contributed by atoms with Gasteiger partial charge in [-0.1, -0.05) is 61.3 Å². The highest BCUT2D eigenvalue weighted by atomic mass is 35.5. The minimum absolute atomic E-state index is 0.239. The summed E-state index contributed by atoms with van der Waals surface area (Å²) in [7, 11) is 0. The lowest BCUT2D eigenvalue weighted by Gasteiger charge is -2.52. The predicted octanol–water partition coefficient (Wildman–Crippen LogP) is 6.54. The molecule has 1 N–H and O–H groups in total. The molecule has 0 bridgehead atoms. The lowest BCUT2D eigenvalue weighted by Crippen LogP contribution is -2.58. The minimum Gasteiger partial charge on any atom is -0.481 e. The Hall–Kier alpha value is -2.77. The summed E-state index contributed by atoms with van der Waals surface area (Å²) in [6.07, 6.45) is 0.172. The van der Waals surface area contributed by atoms with E-state index in [1.807, 2.05) is 56.0 Å². The van der Waals surface area contributed by atoms with Crippen molar-refractivity contribution in [3.05, 3.63) is 69.7 Å². The number of ether oxygens (including phenoxy) is 1. The number of carboxylic acid groups (broad SMARTS) is 1. The number of aliphatic carboxylic acids is 1. The summed E-state index contributed by atoms with van der Waals surface area (Å²) in [6, 6.07) is 14.1. The van der Waals surface area contributed by atoms with Gasteiger partial charge in [-0.05, 0) is 62.1 Å². The molecule has 4 unspecified atom stereocenters. The highest BCUT2D eigenvalue weighted by molar-refractivity contribution is 6.30. The van der Waals surface area contributed by atoms with Crippen molar-refractivity contribution in [1.82, 2.24) is 9.80 Å². The molecule has 2 amide bonds. The van der Waals surface area contributed by atoms with Crippen LogP contribution in [0.5, 0.6) is 0 Å². The van der Waals surface area contributed by atoms with Crippen molar-refractivity contribution in [3.63, 3.8) is 0 Å². The Morgan fingerprint density at radius 2 is 1.76 bits per heavy atom. The summed E-state index contributed by atoms with van der Waals surface area (Å²) >= 11 is 12.6. The molecule has 0 radical (unpaired) electrons. The van der Waals surface area contributed by atoms with Crippen LogP contribution in [-0.2, 0) is 14.3 Å². The topological polar surface area (TPSA) is 87.2 Å². The molecule has 2 heterocycles. The molecular formula is C29H34Cl2N2O5. The maximum absolute atomic E-state index is 14.3. The van der Waals surface area contributed by atoms with Gasteiger partial charge in [0, 0.05) is 28.5 Å². The molecule has 9 heteroatoms. The first-order valence-corrected chi connectivity index (χ1v) is 13.6. The van der Waals surface area contributed by atoms with Gasteiger partial charge in [0.05, 0.1) is 24.4 Å². The Bertz CT molecular complexity index is 1220. The van der Waals surface area contributed by atoms with Gasteiger partial charge in [-0.3, -0.25) is 9.59 Å². The van der Waals surface area contributed by atoms with Gasteiger partial charge in [-0.2, -0.15) is 0 Å². The third-order valence-electron chi connectivity index (χ3n) is 7.62. The minimum atomic E-state index is -1.15. The van der Waals surface area contributed by atoms with Crippen molar-refractivity contribution in [3.8, 4) is 0 Å².